The zero-order valence-electron chi connectivity index (χ0n) is 12.7. The van der Waals surface area contributed by atoms with Crippen molar-refractivity contribution in [2.24, 2.45) is 0 Å². The number of hydrogen-bond acceptors (Lipinski definition) is 7. The van der Waals surface area contributed by atoms with Crippen molar-refractivity contribution >= 4 is 16.7 Å². The molecule has 24 heavy (non-hydrogen) atoms. The Bertz CT molecular complexity index is 901. The topological polar surface area (TPSA) is 77.2 Å². The maximum atomic E-state index is 13.7. The summed E-state index contributed by atoms with van der Waals surface area (Å²) in [4.78, 5) is 14.4. The average Bonchev–Trinajstić information content (AvgIpc) is 3.02. The number of nitrogens with zero attached hydrogens (tertiary/aromatic N) is 5. The van der Waals surface area contributed by atoms with Crippen LogP contribution in [0.3, 0.4) is 0 Å². The lowest BCUT2D eigenvalue weighted by atomic mass is 10.1. The van der Waals surface area contributed by atoms with Gasteiger partial charge in [-0.3, -0.25) is 0 Å². The highest BCUT2D eigenvalue weighted by Gasteiger charge is 2.31. The summed E-state index contributed by atoms with van der Waals surface area (Å²) in [5.74, 6) is -0.518. The summed E-state index contributed by atoms with van der Waals surface area (Å²) in [5, 5.41) is 4.21. The zero-order valence-corrected chi connectivity index (χ0v) is 12.7. The van der Waals surface area contributed by atoms with E-state index in [9.17, 15) is 8.78 Å². The fraction of sp³-hybridized carbons (Fsp3) is 0.333. The highest BCUT2D eigenvalue weighted by molar-refractivity contribution is 5.89. The van der Waals surface area contributed by atoms with Crippen LogP contribution in [-0.2, 0) is 4.74 Å². The van der Waals surface area contributed by atoms with Gasteiger partial charge in [0.2, 0.25) is 0 Å². The molecule has 3 heterocycles. The Balaban J connectivity index is 1.83. The van der Waals surface area contributed by atoms with Gasteiger partial charge in [0.15, 0.2) is 17.5 Å². The molecule has 124 valence electrons. The molecule has 1 aromatic carbocycles. The minimum Gasteiger partial charge on any atom is -0.377 e. The molecule has 1 aliphatic heterocycles. The standard InChI is InChI=1S/C15H13F2N5O2/c1-8-20-15(24-21-8)13-6-23-3-2-22(13)14-9-4-10(16)11(17)5-12(9)18-7-19-14/h4-5,7,13H,2-3,6H2,1H3/t13-/m1/s1. The first-order chi connectivity index (χ1) is 11.6. The van der Waals surface area contributed by atoms with Crippen molar-refractivity contribution in [3.05, 3.63) is 41.8 Å². The van der Waals surface area contributed by atoms with E-state index in [1.165, 1.54) is 6.33 Å². The number of ether oxygens (including phenoxy) is 1. The zero-order chi connectivity index (χ0) is 16.7. The monoisotopic (exact) mass is 333 g/mol. The van der Waals surface area contributed by atoms with Crippen LogP contribution in [-0.4, -0.2) is 39.9 Å². The van der Waals surface area contributed by atoms with Gasteiger partial charge in [0.05, 0.1) is 18.7 Å². The summed E-state index contributed by atoms with van der Waals surface area (Å²) in [6, 6.07) is 1.81. The highest BCUT2D eigenvalue weighted by atomic mass is 19.2. The van der Waals surface area contributed by atoms with Gasteiger partial charge in [-0.1, -0.05) is 5.16 Å². The number of hydrogen-bond donors (Lipinski definition) is 0. The molecular formula is C15H13F2N5O2. The fourth-order valence-corrected chi connectivity index (χ4v) is 2.78. The van der Waals surface area contributed by atoms with Gasteiger partial charge in [0.25, 0.3) is 5.89 Å². The normalized spacial score (nSPS) is 18.3. The largest absolute Gasteiger partial charge is 0.377 e. The van der Waals surface area contributed by atoms with E-state index in [4.69, 9.17) is 9.26 Å². The molecule has 0 unspecified atom stereocenters. The summed E-state index contributed by atoms with van der Waals surface area (Å²) in [6.45, 7) is 3.02. The van der Waals surface area contributed by atoms with Crippen molar-refractivity contribution in [3.8, 4) is 0 Å². The first-order valence-corrected chi connectivity index (χ1v) is 7.38. The molecule has 1 aliphatic rings. The first kappa shape index (κ1) is 14.9. The number of benzene rings is 1. The summed E-state index contributed by atoms with van der Waals surface area (Å²) >= 11 is 0. The van der Waals surface area contributed by atoms with Gasteiger partial charge in [0.1, 0.15) is 18.2 Å². The molecule has 0 N–H and O–H groups in total. The Labute approximate surface area is 135 Å². The maximum Gasteiger partial charge on any atom is 0.251 e. The first-order valence-electron chi connectivity index (χ1n) is 7.38. The molecule has 0 spiro atoms. The third-order valence-corrected chi connectivity index (χ3v) is 3.89. The second kappa shape index (κ2) is 5.75. The van der Waals surface area contributed by atoms with Crippen molar-refractivity contribution < 1.29 is 18.0 Å². The van der Waals surface area contributed by atoms with Crippen LogP contribution in [0.1, 0.15) is 17.8 Å². The molecule has 7 nitrogen and oxygen atoms in total. The Morgan fingerprint density at radius 3 is 2.83 bits per heavy atom. The quantitative estimate of drug-likeness (QED) is 0.711. The van der Waals surface area contributed by atoms with Gasteiger partial charge < -0.3 is 14.2 Å². The van der Waals surface area contributed by atoms with E-state index >= 15 is 0 Å². The van der Waals surface area contributed by atoms with Crippen molar-refractivity contribution in [1.82, 2.24) is 20.1 Å². The SMILES string of the molecule is Cc1noc([C@H]2COCCN2c2ncnc3cc(F)c(F)cc23)n1. The number of morpholine rings is 1. The third-order valence-electron chi connectivity index (χ3n) is 3.89. The lowest BCUT2D eigenvalue weighted by Crippen LogP contribution is -2.40. The summed E-state index contributed by atoms with van der Waals surface area (Å²) in [7, 11) is 0. The van der Waals surface area contributed by atoms with Crippen LogP contribution in [0.2, 0.25) is 0 Å². The van der Waals surface area contributed by atoms with E-state index in [0.717, 1.165) is 12.1 Å². The van der Waals surface area contributed by atoms with Crippen molar-refractivity contribution in [2.45, 2.75) is 13.0 Å². The molecule has 0 radical (unpaired) electrons. The number of fused-ring (bicyclic) bond motifs is 1. The van der Waals surface area contributed by atoms with E-state index in [2.05, 4.69) is 20.1 Å². The molecule has 1 fully saturated rings. The Morgan fingerprint density at radius 2 is 2.04 bits per heavy atom. The average molecular weight is 333 g/mol. The van der Waals surface area contributed by atoms with E-state index in [-0.39, 0.29) is 6.04 Å². The smallest absolute Gasteiger partial charge is 0.251 e. The molecule has 0 bridgehead atoms. The van der Waals surface area contributed by atoms with Gasteiger partial charge >= 0.3 is 0 Å². The lowest BCUT2D eigenvalue weighted by molar-refractivity contribution is 0.0835. The molecule has 0 amide bonds. The summed E-state index contributed by atoms with van der Waals surface area (Å²) in [5.41, 5.74) is 0.325. The number of anilines is 1. The van der Waals surface area contributed by atoms with Crippen LogP contribution < -0.4 is 4.90 Å². The van der Waals surface area contributed by atoms with Gasteiger partial charge in [0, 0.05) is 18.0 Å². The van der Waals surface area contributed by atoms with E-state index in [0.29, 0.717) is 48.2 Å². The molecule has 2 aromatic heterocycles. The van der Waals surface area contributed by atoms with E-state index in [1.807, 2.05) is 4.90 Å². The summed E-state index contributed by atoms with van der Waals surface area (Å²) in [6.07, 6.45) is 1.32. The van der Waals surface area contributed by atoms with Crippen LogP contribution in [0.15, 0.2) is 23.0 Å². The number of rotatable bonds is 2. The maximum absolute atomic E-state index is 13.7. The van der Waals surface area contributed by atoms with Crippen molar-refractivity contribution in [1.29, 1.82) is 0 Å². The van der Waals surface area contributed by atoms with Crippen molar-refractivity contribution in [2.75, 3.05) is 24.7 Å². The molecule has 1 saturated heterocycles. The highest BCUT2D eigenvalue weighted by Crippen LogP contribution is 2.32. The Hall–Kier alpha value is -2.68. The van der Waals surface area contributed by atoms with E-state index < -0.39 is 11.6 Å². The summed E-state index contributed by atoms with van der Waals surface area (Å²) < 4.78 is 37.9. The lowest BCUT2D eigenvalue weighted by Gasteiger charge is -2.34. The Morgan fingerprint density at radius 1 is 1.21 bits per heavy atom. The minimum absolute atomic E-state index is 0.325. The number of halogens is 2. The molecular weight excluding hydrogens is 320 g/mol. The molecule has 9 heteroatoms. The van der Waals surface area contributed by atoms with Crippen LogP contribution in [0, 0.1) is 18.6 Å². The van der Waals surface area contributed by atoms with Gasteiger partial charge in [-0.05, 0) is 13.0 Å². The molecule has 1 atom stereocenters. The van der Waals surface area contributed by atoms with Gasteiger partial charge in [-0.2, -0.15) is 4.98 Å². The van der Waals surface area contributed by atoms with Crippen LogP contribution in [0.25, 0.3) is 10.9 Å². The molecule has 0 aliphatic carbocycles. The van der Waals surface area contributed by atoms with Crippen molar-refractivity contribution in [3.63, 3.8) is 0 Å². The minimum atomic E-state index is -0.947. The van der Waals surface area contributed by atoms with E-state index in [1.54, 1.807) is 6.92 Å². The van der Waals surface area contributed by atoms with Crippen LogP contribution in [0.5, 0.6) is 0 Å². The third kappa shape index (κ3) is 2.46. The Kier molecular flexibility index (Phi) is 3.57. The second-order valence-corrected chi connectivity index (χ2v) is 5.44. The van der Waals surface area contributed by atoms with Crippen LogP contribution in [0.4, 0.5) is 14.6 Å². The van der Waals surface area contributed by atoms with Gasteiger partial charge in [-0.15, -0.1) is 0 Å². The second-order valence-electron chi connectivity index (χ2n) is 5.44. The van der Waals surface area contributed by atoms with Crippen LogP contribution >= 0.6 is 0 Å². The predicted octanol–water partition coefficient (Wildman–Crippen LogP) is 2.18. The van der Waals surface area contributed by atoms with Gasteiger partial charge in [-0.25, -0.2) is 18.7 Å². The predicted molar refractivity (Wildman–Crippen MR) is 79.4 cm³/mol. The number of aromatic nitrogens is 4. The fourth-order valence-electron chi connectivity index (χ4n) is 2.78. The number of aryl methyl sites for hydroxylation is 1. The molecule has 4 rings (SSSR count). The molecule has 0 saturated carbocycles. The molecule has 3 aromatic rings.